The van der Waals surface area contributed by atoms with E-state index in [2.05, 4.69) is 0 Å². The maximum Gasteiger partial charge on any atom is 0.242 e. The van der Waals surface area contributed by atoms with E-state index < -0.39 is 5.41 Å². The number of carbonyl (C=O) groups excluding carboxylic acids is 2. The first-order valence-electron chi connectivity index (χ1n) is 7.49. The Morgan fingerprint density at radius 2 is 2.00 bits per heavy atom. The van der Waals surface area contributed by atoms with Gasteiger partial charge in [-0.3, -0.25) is 9.59 Å². The summed E-state index contributed by atoms with van der Waals surface area (Å²) < 4.78 is 5.26. The number of amides is 2. The van der Waals surface area contributed by atoms with Crippen molar-refractivity contribution < 1.29 is 14.3 Å². The van der Waals surface area contributed by atoms with Crippen LogP contribution in [-0.2, 0) is 19.7 Å². The van der Waals surface area contributed by atoms with E-state index >= 15 is 0 Å². The molecular formula is C16H21N3O3. The van der Waals surface area contributed by atoms with Gasteiger partial charge >= 0.3 is 0 Å². The zero-order valence-corrected chi connectivity index (χ0v) is 13.0. The second kappa shape index (κ2) is 5.28. The van der Waals surface area contributed by atoms with Crippen molar-refractivity contribution in [3.05, 3.63) is 23.8 Å². The molecule has 2 heterocycles. The third-order valence-corrected chi connectivity index (χ3v) is 4.42. The number of rotatable bonds is 2. The topological polar surface area (TPSA) is 75.9 Å². The molecule has 2 aliphatic heterocycles. The van der Waals surface area contributed by atoms with Crippen molar-refractivity contribution in [2.24, 2.45) is 0 Å². The average Bonchev–Trinajstić information content (AvgIpc) is 2.69. The Bertz CT molecular complexity index is 621. The van der Waals surface area contributed by atoms with Crippen molar-refractivity contribution in [2.75, 3.05) is 43.5 Å². The molecule has 0 spiro atoms. The molecule has 0 atom stereocenters. The molecule has 6 nitrogen and oxygen atoms in total. The lowest BCUT2D eigenvalue weighted by molar-refractivity contribution is -0.135. The van der Waals surface area contributed by atoms with Crippen LogP contribution in [0.2, 0.25) is 0 Å². The van der Waals surface area contributed by atoms with Gasteiger partial charge in [-0.25, -0.2) is 0 Å². The Morgan fingerprint density at radius 3 is 2.68 bits per heavy atom. The molecule has 6 heteroatoms. The summed E-state index contributed by atoms with van der Waals surface area (Å²) in [5.74, 6) is -0.105. The van der Waals surface area contributed by atoms with Crippen molar-refractivity contribution in [1.29, 1.82) is 0 Å². The fraction of sp³-hybridized carbons (Fsp3) is 0.500. The van der Waals surface area contributed by atoms with Gasteiger partial charge in [0.15, 0.2) is 0 Å². The van der Waals surface area contributed by atoms with E-state index in [4.69, 9.17) is 10.5 Å². The highest BCUT2D eigenvalue weighted by molar-refractivity contribution is 6.10. The first-order chi connectivity index (χ1) is 10.4. The number of nitrogens with two attached hydrogens (primary N) is 1. The fourth-order valence-electron chi connectivity index (χ4n) is 3.06. The standard InChI is InChI=1S/C16H21N3O3/c1-16(2)12-9-11(17)3-4-13(12)19(15(16)21)10-14(20)18-5-7-22-8-6-18/h3-4,9H,5-8,10,17H2,1-2H3. The molecule has 118 valence electrons. The first-order valence-corrected chi connectivity index (χ1v) is 7.49. The summed E-state index contributed by atoms with van der Waals surface area (Å²) >= 11 is 0. The minimum absolute atomic E-state index is 0.0443. The lowest BCUT2D eigenvalue weighted by atomic mass is 9.86. The van der Waals surface area contributed by atoms with Crippen molar-refractivity contribution in [1.82, 2.24) is 4.90 Å². The third kappa shape index (κ3) is 2.33. The van der Waals surface area contributed by atoms with E-state index in [1.807, 2.05) is 26.0 Å². The zero-order valence-electron chi connectivity index (χ0n) is 13.0. The van der Waals surface area contributed by atoms with Gasteiger partial charge in [-0.05, 0) is 37.6 Å². The van der Waals surface area contributed by atoms with Crippen LogP contribution in [0.3, 0.4) is 0 Å². The van der Waals surface area contributed by atoms with E-state index in [1.54, 1.807) is 15.9 Å². The summed E-state index contributed by atoms with van der Waals surface area (Å²) in [6, 6.07) is 5.41. The molecule has 22 heavy (non-hydrogen) atoms. The van der Waals surface area contributed by atoms with Crippen LogP contribution in [-0.4, -0.2) is 49.6 Å². The highest BCUT2D eigenvalue weighted by Gasteiger charge is 2.44. The molecule has 0 unspecified atom stereocenters. The first kappa shape index (κ1) is 14.8. The Kier molecular flexibility index (Phi) is 3.56. The highest BCUT2D eigenvalue weighted by atomic mass is 16.5. The Balaban J connectivity index is 1.85. The molecule has 0 radical (unpaired) electrons. The van der Waals surface area contributed by atoms with Gasteiger partial charge in [-0.1, -0.05) is 0 Å². The van der Waals surface area contributed by atoms with Gasteiger partial charge in [-0.2, -0.15) is 0 Å². The second-order valence-electron chi connectivity index (χ2n) is 6.29. The number of fused-ring (bicyclic) bond motifs is 1. The van der Waals surface area contributed by atoms with E-state index in [0.29, 0.717) is 32.0 Å². The van der Waals surface area contributed by atoms with Crippen molar-refractivity contribution in [3.8, 4) is 0 Å². The van der Waals surface area contributed by atoms with Crippen molar-refractivity contribution >= 4 is 23.2 Å². The fourth-order valence-corrected chi connectivity index (χ4v) is 3.06. The van der Waals surface area contributed by atoms with Crippen LogP contribution in [0.25, 0.3) is 0 Å². The number of hydrogen-bond acceptors (Lipinski definition) is 4. The Labute approximate surface area is 129 Å². The van der Waals surface area contributed by atoms with Gasteiger partial charge in [0.2, 0.25) is 11.8 Å². The van der Waals surface area contributed by atoms with Crippen LogP contribution in [0.15, 0.2) is 18.2 Å². The van der Waals surface area contributed by atoms with Crippen LogP contribution < -0.4 is 10.6 Å². The molecule has 0 bridgehead atoms. The summed E-state index contributed by atoms with van der Waals surface area (Å²) in [6.07, 6.45) is 0. The lowest BCUT2D eigenvalue weighted by Crippen LogP contribution is -2.47. The van der Waals surface area contributed by atoms with Crippen molar-refractivity contribution in [3.63, 3.8) is 0 Å². The minimum Gasteiger partial charge on any atom is -0.399 e. The summed E-state index contributed by atoms with van der Waals surface area (Å²) in [5.41, 5.74) is 7.48. The number of hydrogen-bond donors (Lipinski definition) is 1. The molecule has 2 N–H and O–H groups in total. The molecule has 2 aliphatic rings. The van der Waals surface area contributed by atoms with Gasteiger partial charge in [0, 0.05) is 24.5 Å². The van der Waals surface area contributed by atoms with Crippen LogP contribution in [0.4, 0.5) is 11.4 Å². The number of nitrogen functional groups attached to an aromatic ring is 1. The summed E-state index contributed by atoms with van der Waals surface area (Å²) in [5, 5.41) is 0. The molecule has 1 fully saturated rings. The summed E-state index contributed by atoms with van der Waals surface area (Å²) in [4.78, 5) is 28.5. The Hall–Kier alpha value is -2.08. The number of benzene rings is 1. The highest BCUT2D eigenvalue weighted by Crippen LogP contribution is 2.42. The zero-order chi connectivity index (χ0) is 15.9. The quantitative estimate of drug-likeness (QED) is 0.818. The number of nitrogens with zero attached hydrogens (tertiary/aromatic N) is 2. The van der Waals surface area contributed by atoms with Crippen LogP contribution >= 0.6 is 0 Å². The van der Waals surface area contributed by atoms with Gasteiger partial charge < -0.3 is 20.3 Å². The maximum atomic E-state index is 12.7. The van der Waals surface area contributed by atoms with Crippen LogP contribution in [0.1, 0.15) is 19.4 Å². The predicted molar refractivity (Wildman–Crippen MR) is 83.6 cm³/mol. The smallest absolute Gasteiger partial charge is 0.242 e. The molecule has 3 rings (SSSR count). The van der Waals surface area contributed by atoms with E-state index in [-0.39, 0.29) is 18.4 Å². The number of carbonyl (C=O) groups is 2. The van der Waals surface area contributed by atoms with Crippen LogP contribution in [0, 0.1) is 0 Å². The predicted octanol–water partition coefficient (Wildman–Crippen LogP) is 0.752. The monoisotopic (exact) mass is 303 g/mol. The Morgan fingerprint density at radius 1 is 1.32 bits per heavy atom. The van der Waals surface area contributed by atoms with Gasteiger partial charge in [0.05, 0.1) is 18.6 Å². The largest absolute Gasteiger partial charge is 0.399 e. The molecule has 1 aromatic rings. The van der Waals surface area contributed by atoms with E-state index in [0.717, 1.165) is 11.3 Å². The molecular weight excluding hydrogens is 282 g/mol. The summed E-state index contributed by atoms with van der Waals surface area (Å²) in [7, 11) is 0. The van der Waals surface area contributed by atoms with Crippen LogP contribution in [0.5, 0.6) is 0 Å². The molecule has 0 saturated carbocycles. The minimum atomic E-state index is -0.657. The maximum absolute atomic E-state index is 12.7. The third-order valence-electron chi connectivity index (χ3n) is 4.42. The SMILES string of the molecule is CC1(C)C(=O)N(CC(=O)N2CCOCC2)c2ccc(N)cc21. The second-order valence-corrected chi connectivity index (χ2v) is 6.29. The van der Waals surface area contributed by atoms with Crippen molar-refractivity contribution in [2.45, 2.75) is 19.3 Å². The number of morpholine rings is 1. The summed E-state index contributed by atoms with van der Waals surface area (Å²) in [6.45, 7) is 6.08. The normalized spacial score (nSPS) is 20.2. The average molecular weight is 303 g/mol. The van der Waals surface area contributed by atoms with E-state index in [9.17, 15) is 9.59 Å². The van der Waals surface area contributed by atoms with Gasteiger partial charge in [0.25, 0.3) is 0 Å². The number of anilines is 2. The molecule has 1 saturated heterocycles. The lowest BCUT2D eigenvalue weighted by Gasteiger charge is -2.29. The molecule has 0 aromatic heterocycles. The molecule has 1 aromatic carbocycles. The van der Waals surface area contributed by atoms with Gasteiger partial charge in [-0.15, -0.1) is 0 Å². The van der Waals surface area contributed by atoms with Gasteiger partial charge in [0.1, 0.15) is 6.54 Å². The number of ether oxygens (including phenoxy) is 1. The molecule has 2 amide bonds. The molecule has 0 aliphatic carbocycles. The van der Waals surface area contributed by atoms with E-state index in [1.165, 1.54) is 0 Å².